The molecule has 1 fully saturated rings. The van der Waals surface area contributed by atoms with Crippen LogP contribution in [0.1, 0.15) is 19.3 Å². The summed E-state index contributed by atoms with van der Waals surface area (Å²) in [5.41, 5.74) is 0.130. The zero-order chi connectivity index (χ0) is 15.6. The smallest absolute Gasteiger partial charge is 0.270 e. The maximum atomic E-state index is 12.6. The lowest BCUT2D eigenvalue weighted by Crippen LogP contribution is -2.34. The highest BCUT2D eigenvalue weighted by Crippen LogP contribution is 2.31. The number of rotatable bonds is 6. The summed E-state index contributed by atoms with van der Waals surface area (Å²) in [5.74, 6) is 0.390. The van der Waals surface area contributed by atoms with Gasteiger partial charge in [-0.25, -0.2) is 12.7 Å². The number of anilines is 1. The van der Waals surface area contributed by atoms with Crippen molar-refractivity contribution in [3.8, 4) is 0 Å². The van der Waals surface area contributed by atoms with Crippen molar-refractivity contribution in [3.05, 3.63) is 28.3 Å². The van der Waals surface area contributed by atoms with Crippen LogP contribution in [0.4, 0.5) is 11.4 Å². The van der Waals surface area contributed by atoms with E-state index in [2.05, 4.69) is 5.32 Å². The molecule has 7 nitrogen and oxygen atoms in total. The number of nitro groups is 1. The predicted octanol–water partition coefficient (Wildman–Crippen LogP) is 2.06. The Labute approximate surface area is 124 Å². The third-order valence-electron chi connectivity index (χ3n) is 3.87. The molecule has 116 valence electrons. The van der Waals surface area contributed by atoms with E-state index < -0.39 is 14.9 Å². The normalized spacial score (nSPS) is 15.8. The summed E-state index contributed by atoms with van der Waals surface area (Å²) in [6.45, 7) is 0.453. The van der Waals surface area contributed by atoms with Crippen molar-refractivity contribution < 1.29 is 13.3 Å². The Balaban J connectivity index is 2.36. The molecule has 0 amide bonds. The van der Waals surface area contributed by atoms with Crippen molar-refractivity contribution in [2.45, 2.75) is 24.2 Å². The molecule has 1 aliphatic rings. The Hall–Kier alpha value is -1.67. The summed E-state index contributed by atoms with van der Waals surface area (Å²) >= 11 is 0. The first-order valence-electron chi connectivity index (χ1n) is 6.79. The van der Waals surface area contributed by atoms with E-state index in [0.29, 0.717) is 18.2 Å². The zero-order valence-corrected chi connectivity index (χ0v) is 12.9. The fourth-order valence-corrected chi connectivity index (χ4v) is 3.81. The van der Waals surface area contributed by atoms with Crippen LogP contribution in [0.2, 0.25) is 0 Å². The number of hydrogen-bond donors (Lipinski definition) is 1. The highest BCUT2D eigenvalue weighted by Gasteiger charge is 2.29. The third-order valence-corrected chi connectivity index (χ3v) is 5.74. The molecule has 0 heterocycles. The topological polar surface area (TPSA) is 92.5 Å². The van der Waals surface area contributed by atoms with Crippen molar-refractivity contribution in [2.75, 3.05) is 26.0 Å². The second kappa shape index (κ2) is 5.98. The van der Waals surface area contributed by atoms with Crippen LogP contribution < -0.4 is 5.32 Å². The molecule has 0 aliphatic heterocycles. The molecular formula is C13H19N3O4S. The van der Waals surface area contributed by atoms with Gasteiger partial charge in [0.25, 0.3) is 5.69 Å². The van der Waals surface area contributed by atoms with Gasteiger partial charge in [-0.15, -0.1) is 0 Å². The number of nitrogens with zero attached hydrogens (tertiary/aromatic N) is 2. The van der Waals surface area contributed by atoms with Gasteiger partial charge in [-0.05, 0) is 24.8 Å². The monoisotopic (exact) mass is 313 g/mol. The predicted molar refractivity (Wildman–Crippen MR) is 79.8 cm³/mol. The van der Waals surface area contributed by atoms with Crippen LogP contribution in [0.15, 0.2) is 23.1 Å². The first-order valence-corrected chi connectivity index (χ1v) is 8.23. The Bertz CT molecular complexity index is 641. The molecule has 0 bridgehead atoms. The maximum absolute atomic E-state index is 12.6. The molecule has 1 N–H and O–H groups in total. The lowest BCUT2D eigenvalue weighted by Gasteiger charge is -2.29. The summed E-state index contributed by atoms with van der Waals surface area (Å²) in [6.07, 6.45) is 3.21. The van der Waals surface area contributed by atoms with E-state index in [4.69, 9.17) is 0 Å². The summed E-state index contributed by atoms with van der Waals surface area (Å²) in [6, 6.07) is 3.82. The van der Waals surface area contributed by atoms with Gasteiger partial charge in [-0.2, -0.15) is 0 Å². The summed E-state index contributed by atoms with van der Waals surface area (Å²) in [5, 5.41) is 13.6. The van der Waals surface area contributed by atoms with Gasteiger partial charge in [0.05, 0.1) is 10.6 Å². The Kier molecular flexibility index (Phi) is 4.48. The van der Waals surface area contributed by atoms with E-state index in [1.54, 1.807) is 7.05 Å². The van der Waals surface area contributed by atoms with Crippen LogP contribution in [0.3, 0.4) is 0 Å². The number of non-ortho nitro benzene ring substituents is 1. The molecule has 0 aromatic heterocycles. The summed E-state index contributed by atoms with van der Waals surface area (Å²) in [4.78, 5) is 10.2. The second-order valence-corrected chi connectivity index (χ2v) is 7.28. The molecule has 1 aliphatic carbocycles. The molecule has 1 saturated carbocycles. The van der Waals surface area contributed by atoms with Crippen molar-refractivity contribution in [3.63, 3.8) is 0 Å². The van der Waals surface area contributed by atoms with Gasteiger partial charge in [-0.3, -0.25) is 10.1 Å². The molecule has 0 saturated heterocycles. The number of nitrogens with one attached hydrogen (secondary N) is 1. The molecule has 1 aromatic rings. The fraction of sp³-hybridized carbons (Fsp3) is 0.538. The summed E-state index contributed by atoms with van der Waals surface area (Å²) in [7, 11) is -0.633. The molecular weight excluding hydrogens is 294 g/mol. The average molecular weight is 313 g/mol. The second-order valence-electron chi connectivity index (χ2n) is 5.27. The molecule has 0 unspecified atom stereocenters. The van der Waals surface area contributed by atoms with E-state index in [0.717, 1.165) is 25.3 Å². The van der Waals surface area contributed by atoms with Gasteiger partial charge >= 0.3 is 0 Å². The lowest BCUT2D eigenvalue weighted by molar-refractivity contribution is -0.385. The number of sulfonamides is 1. The first-order chi connectivity index (χ1) is 9.86. The van der Waals surface area contributed by atoms with E-state index in [-0.39, 0.29) is 10.6 Å². The van der Waals surface area contributed by atoms with Gasteiger partial charge < -0.3 is 5.32 Å². The highest BCUT2D eigenvalue weighted by atomic mass is 32.2. The molecule has 2 rings (SSSR count). The number of benzene rings is 1. The van der Waals surface area contributed by atoms with Crippen LogP contribution in [0.25, 0.3) is 0 Å². The van der Waals surface area contributed by atoms with E-state index in [9.17, 15) is 18.5 Å². The van der Waals surface area contributed by atoms with Crippen LogP contribution in [-0.4, -0.2) is 38.3 Å². The molecule has 0 radical (unpaired) electrons. The maximum Gasteiger partial charge on any atom is 0.270 e. The van der Waals surface area contributed by atoms with Gasteiger partial charge in [-0.1, -0.05) is 6.42 Å². The first kappa shape index (κ1) is 15.7. The highest BCUT2D eigenvalue weighted by molar-refractivity contribution is 7.89. The Morgan fingerprint density at radius 1 is 1.43 bits per heavy atom. The fourth-order valence-electron chi connectivity index (χ4n) is 2.35. The van der Waals surface area contributed by atoms with Crippen molar-refractivity contribution in [1.29, 1.82) is 0 Å². The molecule has 1 aromatic carbocycles. The molecule has 8 heteroatoms. The Morgan fingerprint density at radius 3 is 2.57 bits per heavy atom. The van der Waals surface area contributed by atoms with Gasteiger partial charge in [0.15, 0.2) is 0 Å². The van der Waals surface area contributed by atoms with E-state index in [1.165, 1.54) is 23.5 Å². The van der Waals surface area contributed by atoms with Gasteiger partial charge in [0, 0.05) is 32.8 Å². The van der Waals surface area contributed by atoms with Crippen LogP contribution in [-0.2, 0) is 10.0 Å². The summed E-state index contributed by atoms with van der Waals surface area (Å²) < 4.78 is 26.5. The zero-order valence-electron chi connectivity index (χ0n) is 12.1. The van der Waals surface area contributed by atoms with Crippen LogP contribution in [0.5, 0.6) is 0 Å². The van der Waals surface area contributed by atoms with E-state index in [1.807, 2.05) is 0 Å². The van der Waals surface area contributed by atoms with Gasteiger partial charge in [0.2, 0.25) is 10.0 Å². The molecule has 0 atom stereocenters. The average Bonchev–Trinajstić information content (AvgIpc) is 2.41. The van der Waals surface area contributed by atoms with Crippen LogP contribution in [0, 0.1) is 16.0 Å². The Morgan fingerprint density at radius 2 is 2.10 bits per heavy atom. The van der Waals surface area contributed by atoms with Crippen molar-refractivity contribution >= 4 is 21.4 Å². The third kappa shape index (κ3) is 3.16. The molecule has 0 spiro atoms. The number of hydrogen-bond acceptors (Lipinski definition) is 5. The quantitative estimate of drug-likeness (QED) is 0.641. The van der Waals surface area contributed by atoms with E-state index >= 15 is 0 Å². The minimum atomic E-state index is -3.74. The molecule has 21 heavy (non-hydrogen) atoms. The number of nitro benzene ring substituents is 1. The minimum absolute atomic E-state index is 0.0546. The standard InChI is InChI=1S/C13H19N3O4S/c1-14-12-7-6-11(16(17)18)8-13(12)21(19,20)15(2)9-10-4-3-5-10/h6-8,10,14H,3-5,9H2,1-2H3. The largest absolute Gasteiger partial charge is 0.387 e. The van der Waals surface area contributed by atoms with Crippen LogP contribution >= 0.6 is 0 Å². The SMILES string of the molecule is CNc1ccc([N+](=O)[O-])cc1S(=O)(=O)N(C)CC1CCC1. The van der Waals surface area contributed by atoms with Crippen molar-refractivity contribution in [1.82, 2.24) is 4.31 Å². The lowest BCUT2D eigenvalue weighted by atomic mass is 9.86. The van der Waals surface area contributed by atoms with Gasteiger partial charge in [0.1, 0.15) is 4.90 Å². The van der Waals surface area contributed by atoms with Crippen molar-refractivity contribution in [2.24, 2.45) is 5.92 Å². The minimum Gasteiger partial charge on any atom is -0.387 e.